The molecule has 0 atom stereocenters. The van der Waals surface area contributed by atoms with Gasteiger partial charge in [0.15, 0.2) is 0 Å². The zero-order valence-corrected chi connectivity index (χ0v) is 11.9. The smallest absolute Gasteiger partial charge is 0.336 e. The summed E-state index contributed by atoms with van der Waals surface area (Å²) in [6, 6.07) is 7.99. The van der Waals surface area contributed by atoms with Crippen LogP contribution in [-0.2, 0) is 13.0 Å². The normalized spacial score (nSPS) is 10.4. The van der Waals surface area contributed by atoms with Crippen molar-refractivity contribution < 1.29 is 9.90 Å². The van der Waals surface area contributed by atoms with Crippen molar-refractivity contribution in [3.05, 3.63) is 51.2 Å². The van der Waals surface area contributed by atoms with Gasteiger partial charge in [0.05, 0.1) is 5.56 Å². The maximum Gasteiger partial charge on any atom is 0.336 e. The minimum Gasteiger partial charge on any atom is -0.478 e. The second-order valence-corrected chi connectivity index (χ2v) is 5.42. The maximum atomic E-state index is 10.8. The Labute approximate surface area is 116 Å². The van der Waals surface area contributed by atoms with E-state index in [9.17, 15) is 4.79 Å². The van der Waals surface area contributed by atoms with Crippen molar-refractivity contribution in [2.75, 3.05) is 5.32 Å². The summed E-state index contributed by atoms with van der Waals surface area (Å²) in [6.07, 6.45) is 0.981. The summed E-state index contributed by atoms with van der Waals surface area (Å²) in [5, 5.41) is 14.0. The molecule has 2 rings (SSSR count). The summed E-state index contributed by atoms with van der Waals surface area (Å²) in [7, 11) is 0. The first kappa shape index (κ1) is 13.6. The van der Waals surface area contributed by atoms with E-state index in [4.69, 9.17) is 5.11 Å². The molecular formula is C15H17NO2S. The Bertz CT molecular complexity index is 590. The second kappa shape index (κ2) is 5.89. The summed E-state index contributed by atoms with van der Waals surface area (Å²) < 4.78 is 0. The number of rotatable bonds is 5. The third kappa shape index (κ3) is 3.15. The molecule has 0 fully saturated rings. The summed E-state index contributed by atoms with van der Waals surface area (Å²) in [5.74, 6) is -0.868. The first-order valence-electron chi connectivity index (χ1n) is 6.25. The van der Waals surface area contributed by atoms with Crippen LogP contribution in [0.2, 0.25) is 0 Å². The molecule has 0 unspecified atom stereocenters. The molecule has 1 aromatic heterocycles. The van der Waals surface area contributed by atoms with Crippen molar-refractivity contribution >= 4 is 23.0 Å². The summed E-state index contributed by atoms with van der Waals surface area (Å²) in [6.45, 7) is 4.88. The van der Waals surface area contributed by atoms with Gasteiger partial charge in [-0.25, -0.2) is 4.79 Å². The van der Waals surface area contributed by atoms with Crippen LogP contribution < -0.4 is 5.32 Å². The SMILES string of the molecule is CCc1cccc(C)c1NCc1cc(C(=O)O)cs1. The minimum absolute atomic E-state index is 0.363. The molecule has 1 aromatic carbocycles. The number of hydrogen-bond donors (Lipinski definition) is 2. The summed E-state index contributed by atoms with van der Waals surface area (Å²) in [5.41, 5.74) is 4.03. The first-order chi connectivity index (χ1) is 9.11. The molecule has 4 heteroatoms. The van der Waals surface area contributed by atoms with Crippen LogP contribution in [0, 0.1) is 6.92 Å². The van der Waals surface area contributed by atoms with Gasteiger partial charge in [-0.1, -0.05) is 25.1 Å². The highest BCUT2D eigenvalue weighted by atomic mass is 32.1. The molecule has 0 radical (unpaired) electrons. The molecule has 19 heavy (non-hydrogen) atoms. The Morgan fingerprint density at radius 3 is 2.84 bits per heavy atom. The lowest BCUT2D eigenvalue weighted by atomic mass is 10.1. The van der Waals surface area contributed by atoms with Crippen LogP contribution >= 0.6 is 11.3 Å². The number of carboxylic acids is 1. The number of thiophene rings is 1. The second-order valence-electron chi connectivity index (χ2n) is 4.42. The van der Waals surface area contributed by atoms with E-state index in [1.807, 2.05) is 0 Å². The third-order valence-electron chi connectivity index (χ3n) is 3.08. The van der Waals surface area contributed by atoms with E-state index in [1.165, 1.54) is 22.5 Å². The van der Waals surface area contributed by atoms with Crippen LogP contribution in [0.15, 0.2) is 29.6 Å². The van der Waals surface area contributed by atoms with Crippen LogP contribution in [0.1, 0.15) is 33.3 Å². The Morgan fingerprint density at radius 2 is 2.21 bits per heavy atom. The predicted octanol–water partition coefficient (Wildman–Crippen LogP) is 3.93. The van der Waals surface area contributed by atoms with E-state index in [2.05, 4.69) is 37.4 Å². The van der Waals surface area contributed by atoms with Crippen molar-refractivity contribution in [2.45, 2.75) is 26.8 Å². The number of nitrogens with one attached hydrogen (secondary N) is 1. The lowest BCUT2D eigenvalue weighted by molar-refractivity contribution is 0.0697. The van der Waals surface area contributed by atoms with Crippen molar-refractivity contribution in [1.29, 1.82) is 0 Å². The molecule has 0 saturated carbocycles. The van der Waals surface area contributed by atoms with Crippen molar-refractivity contribution in [3.8, 4) is 0 Å². The number of carboxylic acid groups (broad SMARTS) is 1. The van der Waals surface area contributed by atoms with Crippen LogP contribution in [-0.4, -0.2) is 11.1 Å². The zero-order chi connectivity index (χ0) is 13.8. The van der Waals surface area contributed by atoms with Gasteiger partial charge in [0.25, 0.3) is 0 Å². The fourth-order valence-corrected chi connectivity index (χ4v) is 2.83. The van der Waals surface area contributed by atoms with Crippen LogP contribution in [0.4, 0.5) is 5.69 Å². The summed E-state index contributed by atoms with van der Waals surface area (Å²) >= 11 is 1.47. The number of benzene rings is 1. The average molecular weight is 275 g/mol. The molecule has 2 aromatic rings. The van der Waals surface area contributed by atoms with Gasteiger partial charge >= 0.3 is 5.97 Å². The predicted molar refractivity (Wildman–Crippen MR) is 79.2 cm³/mol. The highest BCUT2D eigenvalue weighted by Crippen LogP contribution is 2.23. The molecule has 0 aliphatic carbocycles. The highest BCUT2D eigenvalue weighted by Gasteiger charge is 2.08. The number of aryl methyl sites for hydroxylation is 2. The van der Waals surface area contributed by atoms with E-state index < -0.39 is 5.97 Å². The van der Waals surface area contributed by atoms with Gasteiger partial charge in [-0.3, -0.25) is 0 Å². The number of para-hydroxylation sites is 1. The largest absolute Gasteiger partial charge is 0.478 e. The van der Waals surface area contributed by atoms with E-state index in [0.717, 1.165) is 17.0 Å². The molecular weight excluding hydrogens is 258 g/mol. The fourth-order valence-electron chi connectivity index (χ4n) is 2.04. The standard InChI is InChI=1S/C15H17NO2S/c1-3-11-6-4-5-10(2)14(11)16-8-13-7-12(9-19-13)15(17)18/h4-7,9,16H,3,8H2,1-2H3,(H,17,18). The number of anilines is 1. The Morgan fingerprint density at radius 1 is 1.42 bits per heavy atom. The van der Waals surface area contributed by atoms with E-state index in [0.29, 0.717) is 12.1 Å². The molecule has 0 aliphatic heterocycles. The van der Waals surface area contributed by atoms with Gasteiger partial charge in [0.1, 0.15) is 0 Å². The number of carbonyl (C=O) groups is 1. The van der Waals surface area contributed by atoms with E-state index >= 15 is 0 Å². The van der Waals surface area contributed by atoms with Crippen LogP contribution in [0.5, 0.6) is 0 Å². The number of hydrogen-bond acceptors (Lipinski definition) is 3. The molecule has 0 amide bonds. The monoisotopic (exact) mass is 275 g/mol. The molecule has 0 saturated heterocycles. The third-order valence-corrected chi connectivity index (χ3v) is 4.02. The van der Waals surface area contributed by atoms with Gasteiger partial charge in [-0.2, -0.15) is 0 Å². The summed E-state index contributed by atoms with van der Waals surface area (Å²) in [4.78, 5) is 11.9. The molecule has 0 spiro atoms. The fraction of sp³-hybridized carbons (Fsp3) is 0.267. The maximum absolute atomic E-state index is 10.8. The topological polar surface area (TPSA) is 49.3 Å². The first-order valence-corrected chi connectivity index (χ1v) is 7.13. The van der Waals surface area contributed by atoms with Crippen molar-refractivity contribution in [1.82, 2.24) is 0 Å². The van der Waals surface area contributed by atoms with E-state index in [-0.39, 0.29) is 0 Å². The van der Waals surface area contributed by atoms with Crippen molar-refractivity contribution in [2.24, 2.45) is 0 Å². The Kier molecular flexibility index (Phi) is 4.22. The van der Waals surface area contributed by atoms with Crippen molar-refractivity contribution in [3.63, 3.8) is 0 Å². The molecule has 3 nitrogen and oxygen atoms in total. The number of aromatic carboxylic acids is 1. The van der Waals surface area contributed by atoms with Crippen LogP contribution in [0.25, 0.3) is 0 Å². The van der Waals surface area contributed by atoms with E-state index in [1.54, 1.807) is 11.4 Å². The lowest BCUT2D eigenvalue weighted by Gasteiger charge is -2.13. The molecule has 100 valence electrons. The Hall–Kier alpha value is -1.81. The van der Waals surface area contributed by atoms with Gasteiger partial charge in [0, 0.05) is 22.5 Å². The lowest BCUT2D eigenvalue weighted by Crippen LogP contribution is -2.03. The van der Waals surface area contributed by atoms with Gasteiger partial charge in [-0.05, 0) is 30.5 Å². The molecule has 1 heterocycles. The minimum atomic E-state index is -0.868. The quantitative estimate of drug-likeness (QED) is 0.869. The Balaban J connectivity index is 2.12. The molecule has 0 bridgehead atoms. The van der Waals surface area contributed by atoms with Crippen LogP contribution in [0.3, 0.4) is 0 Å². The zero-order valence-electron chi connectivity index (χ0n) is 11.1. The molecule has 2 N–H and O–H groups in total. The van der Waals surface area contributed by atoms with Gasteiger partial charge in [-0.15, -0.1) is 11.3 Å². The van der Waals surface area contributed by atoms with Gasteiger partial charge < -0.3 is 10.4 Å². The van der Waals surface area contributed by atoms with Gasteiger partial charge in [0.2, 0.25) is 0 Å². The highest BCUT2D eigenvalue weighted by molar-refractivity contribution is 7.10. The molecule has 0 aliphatic rings. The average Bonchev–Trinajstić information content (AvgIpc) is 2.86.